The Hall–Kier alpha value is -5.38. The molecule has 2 fully saturated rings. The number of carbonyl (C=O) groups excluding carboxylic acids is 7. The molecule has 288 valence electrons. The van der Waals surface area contributed by atoms with Gasteiger partial charge in [-0.05, 0) is 48.0 Å². The van der Waals surface area contributed by atoms with Gasteiger partial charge in [-0.3, -0.25) is 33.6 Å². The zero-order chi connectivity index (χ0) is 38.8. The smallest absolute Gasteiger partial charge is 0.245 e. The Bertz CT molecular complexity index is 1850. The van der Waals surface area contributed by atoms with Crippen LogP contribution < -0.4 is 37.2 Å². The molecule has 2 aliphatic heterocycles. The minimum absolute atomic E-state index is 0.0111. The van der Waals surface area contributed by atoms with Gasteiger partial charge in [0.15, 0.2) is 0 Å². The molecule has 3 aromatic rings. The fraction of sp³-hybridized carbons (Fsp3) is 0.447. The van der Waals surface area contributed by atoms with Gasteiger partial charge in [0.2, 0.25) is 41.4 Å². The van der Waals surface area contributed by atoms with Crippen molar-refractivity contribution in [3.05, 3.63) is 71.9 Å². The SMILES string of the molecule is CSCC[C@H]1NC(=O)[C@@H](CC(C)C)NC(=O)[C@@H]2CNC(=O)C[C@H](NC1=O)C(=O)N[C@H](Cc1c[nH]c3ccccc13)C(=O)N[C@H](Cc1ccccc1)C(=O)N2. The predicted molar refractivity (Wildman–Crippen MR) is 204 cm³/mol. The highest BCUT2D eigenvalue weighted by molar-refractivity contribution is 7.98. The van der Waals surface area contributed by atoms with Crippen molar-refractivity contribution in [1.82, 2.24) is 42.2 Å². The Labute approximate surface area is 317 Å². The largest absolute Gasteiger partial charge is 0.361 e. The van der Waals surface area contributed by atoms with Crippen molar-refractivity contribution < 1.29 is 33.6 Å². The Balaban J connectivity index is 1.58. The van der Waals surface area contributed by atoms with E-state index in [1.54, 1.807) is 30.5 Å². The number of amides is 7. The van der Waals surface area contributed by atoms with Crippen LogP contribution in [0, 0.1) is 5.92 Å². The maximum atomic E-state index is 14.3. The van der Waals surface area contributed by atoms with Gasteiger partial charge in [0, 0.05) is 36.5 Å². The summed E-state index contributed by atoms with van der Waals surface area (Å²) in [5.74, 6) is -4.59. The summed E-state index contributed by atoms with van der Waals surface area (Å²) >= 11 is 1.45. The Kier molecular flexibility index (Phi) is 13.7. The molecule has 2 bridgehead atoms. The zero-order valence-electron chi connectivity index (χ0n) is 30.5. The van der Waals surface area contributed by atoms with Gasteiger partial charge in [-0.15, -0.1) is 0 Å². The summed E-state index contributed by atoms with van der Waals surface area (Å²) in [6, 6.07) is 8.84. The number of benzene rings is 2. The average Bonchev–Trinajstić information content (AvgIpc) is 3.55. The van der Waals surface area contributed by atoms with Gasteiger partial charge in [-0.1, -0.05) is 62.4 Å². The van der Waals surface area contributed by atoms with Crippen molar-refractivity contribution in [3.63, 3.8) is 0 Å². The third-order valence-corrected chi connectivity index (χ3v) is 10.0. The highest BCUT2D eigenvalue weighted by atomic mass is 32.2. The van der Waals surface area contributed by atoms with Crippen molar-refractivity contribution in [2.45, 2.75) is 82.2 Å². The van der Waals surface area contributed by atoms with Crippen molar-refractivity contribution in [1.29, 1.82) is 0 Å². The Morgan fingerprint density at radius 2 is 1.22 bits per heavy atom. The van der Waals surface area contributed by atoms with Gasteiger partial charge in [-0.25, -0.2) is 0 Å². The monoisotopic (exact) mass is 760 g/mol. The lowest BCUT2D eigenvalue weighted by atomic mass is 10.00. The van der Waals surface area contributed by atoms with Crippen molar-refractivity contribution >= 4 is 64.0 Å². The first-order chi connectivity index (χ1) is 25.9. The minimum Gasteiger partial charge on any atom is -0.361 e. The predicted octanol–water partition coefficient (Wildman–Crippen LogP) is 0.195. The number of rotatable bonds is 9. The maximum absolute atomic E-state index is 14.3. The fourth-order valence-corrected chi connectivity index (χ4v) is 6.99. The molecule has 0 saturated carbocycles. The molecule has 54 heavy (non-hydrogen) atoms. The van der Waals surface area contributed by atoms with Gasteiger partial charge >= 0.3 is 0 Å². The Morgan fingerprint density at radius 1 is 0.648 bits per heavy atom. The van der Waals surface area contributed by atoms with Crippen LogP contribution in [0.5, 0.6) is 0 Å². The number of hydrogen-bond acceptors (Lipinski definition) is 8. The lowest BCUT2D eigenvalue weighted by Crippen LogP contribution is -2.64. The van der Waals surface area contributed by atoms with Crippen LogP contribution in [-0.2, 0) is 46.4 Å². The van der Waals surface area contributed by atoms with E-state index < -0.39 is 90.6 Å². The van der Waals surface area contributed by atoms with Crippen LogP contribution in [-0.4, -0.2) is 101 Å². The van der Waals surface area contributed by atoms with E-state index in [9.17, 15) is 33.6 Å². The number of thioether (sulfide) groups is 1. The standard InChI is InChI=1S/C38H48N8O7S/c1-21(2)15-27-34(49)41-26(13-14-54-3)33(48)45-30-18-32(47)40-20-31(38(53)42-27)46-35(50)28(16-22-9-5-4-6-10-22)43-36(51)29(44-37(30)52)17-23-19-39-25-12-8-7-11-24(23)25/h4-12,19,21,26-31,39H,13-18,20H2,1-3H3,(H,40,47)(H,41,49)(H,42,53)(H,43,51)(H,44,52)(H,45,48)(H,46,50)/t26-,27-,28-,29-,30+,31+/m1/s1. The van der Waals surface area contributed by atoms with Crippen LogP contribution in [0.1, 0.15) is 44.2 Å². The molecule has 2 aromatic carbocycles. The zero-order valence-corrected chi connectivity index (χ0v) is 31.3. The summed E-state index contributed by atoms with van der Waals surface area (Å²) in [4.78, 5) is 101. The number of nitrogens with one attached hydrogen (secondary N) is 8. The normalized spacial score (nSPS) is 24.9. The van der Waals surface area contributed by atoms with Gasteiger partial charge in [0.1, 0.15) is 36.3 Å². The molecule has 15 nitrogen and oxygen atoms in total. The molecule has 7 amide bonds. The van der Waals surface area contributed by atoms with Crippen molar-refractivity contribution in [2.24, 2.45) is 5.92 Å². The number of para-hydroxylation sites is 1. The van der Waals surface area contributed by atoms with E-state index in [0.29, 0.717) is 16.9 Å². The third-order valence-electron chi connectivity index (χ3n) is 9.39. The van der Waals surface area contributed by atoms with E-state index in [2.05, 4.69) is 42.2 Å². The second-order valence-electron chi connectivity index (χ2n) is 14.0. The number of fused-ring (bicyclic) bond motifs is 6. The molecule has 0 radical (unpaired) electrons. The first-order valence-electron chi connectivity index (χ1n) is 18.1. The number of aromatic amines is 1. The second kappa shape index (κ2) is 18.6. The van der Waals surface area contributed by atoms with E-state index in [1.807, 2.05) is 50.4 Å². The van der Waals surface area contributed by atoms with Gasteiger partial charge in [0.05, 0.1) is 6.42 Å². The number of carbonyl (C=O) groups is 7. The second-order valence-corrected chi connectivity index (χ2v) is 15.0. The lowest BCUT2D eigenvalue weighted by Gasteiger charge is -2.30. The molecule has 2 saturated heterocycles. The van der Waals surface area contributed by atoms with Gasteiger partial charge < -0.3 is 42.2 Å². The molecule has 6 atom stereocenters. The van der Waals surface area contributed by atoms with Crippen molar-refractivity contribution in [3.8, 4) is 0 Å². The van der Waals surface area contributed by atoms with E-state index in [4.69, 9.17) is 0 Å². The summed E-state index contributed by atoms with van der Waals surface area (Å²) < 4.78 is 0. The van der Waals surface area contributed by atoms with E-state index in [1.165, 1.54) is 11.8 Å². The molecular weight excluding hydrogens is 713 g/mol. The minimum atomic E-state index is -1.47. The molecule has 5 rings (SSSR count). The third kappa shape index (κ3) is 10.6. The lowest BCUT2D eigenvalue weighted by molar-refractivity contribution is -0.138. The molecule has 3 heterocycles. The quantitative estimate of drug-likeness (QED) is 0.150. The summed E-state index contributed by atoms with van der Waals surface area (Å²) in [6.07, 6.45) is 3.42. The number of aromatic nitrogens is 1. The highest BCUT2D eigenvalue weighted by Gasteiger charge is 2.37. The molecule has 2 aliphatic rings. The van der Waals surface area contributed by atoms with Crippen LogP contribution in [0.4, 0.5) is 0 Å². The van der Waals surface area contributed by atoms with E-state index >= 15 is 0 Å². The van der Waals surface area contributed by atoms with Crippen LogP contribution in [0.2, 0.25) is 0 Å². The average molecular weight is 761 g/mol. The van der Waals surface area contributed by atoms with Gasteiger partial charge in [-0.2, -0.15) is 11.8 Å². The molecule has 0 aliphatic carbocycles. The van der Waals surface area contributed by atoms with Gasteiger partial charge in [0.25, 0.3) is 0 Å². The first-order valence-corrected chi connectivity index (χ1v) is 19.5. The van der Waals surface area contributed by atoms with Crippen LogP contribution >= 0.6 is 11.8 Å². The topological polar surface area (TPSA) is 219 Å². The van der Waals surface area contributed by atoms with E-state index in [0.717, 1.165) is 10.9 Å². The van der Waals surface area contributed by atoms with Crippen molar-refractivity contribution in [2.75, 3.05) is 18.6 Å². The summed E-state index contributed by atoms with van der Waals surface area (Å²) in [5.41, 5.74) is 2.22. The molecule has 1 aromatic heterocycles. The van der Waals surface area contributed by atoms with Crippen LogP contribution in [0.15, 0.2) is 60.8 Å². The number of H-pyrrole nitrogens is 1. The molecular formula is C38H48N8O7S. The Morgan fingerprint density at radius 3 is 1.96 bits per heavy atom. The molecule has 16 heteroatoms. The highest BCUT2D eigenvalue weighted by Crippen LogP contribution is 2.20. The molecule has 0 spiro atoms. The summed E-state index contributed by atoms with van der Waals surface area (Å²) in [5, 5.41) is 19.8. The maximum Gasteiger partial charge on any atom is 0.245 e. The summed E-state index contributed by atoms with van der Waals surface area (Å²) in [7, 11) is 0. The van der Waals surface area contributed by atoms with E-state index in [-0.39, 0.29) is 31.6 Å². The molecule has 8 N–H and O–H groups in total. The molecule has 0 unspecified atom stereocenters. The first kappa shape index (κ1) is 39.8. The fourth-order valence-electron chi connectivity index (χ4n) is 6.52. The number of hydrogen-bond donors (Lipinski definition) is 8. The van der Waals surface area contributed by atoms with Crippen LogP contribution in [0.3, 0.4) is 0 Å². The van der Waals surface area contributed by atoms with Crippen LogP contribution in [0.25, 0.3) is 10.9 Å². The summed E-state index contributed by atoms with van der Waals surface area (Å²) in [6.45, 7) is 3.33.